The molecule has 0 fully saturated rings. The smallest absolute Gasteiger partial charge is 0.268 e. The van der Waals surface area contributed by atoms with E-state index in [0.29, 0.717) is 0 Å². The standard InChI is InChI=1S/C11H13F3OS/c1-16(2,15)8-7-9-5-3-4-6-10(9)11(12,13)14/h3-6,8H,7H2,1-2H3. The Balaban J connectivity index is 3.11. The highest BCUT2D eigenvalue weighted by atomic mass is 32.2. The third-order valence-electron chi connectivity index (χ3n) is 2.03. The van der Waals surface area contributed by atoms with Crippen LogP contribution in [0, 0.1) is 0 Å². The van der Waals surface area contributed by atoms with Gasteiger partial charge in [0.25, 0.3) is 0 Å². The second-order valence-electron chi connectivity index (χ2n) is 3.83. The average Bonchev–Trinajstić information content (AvgIpc) is 2.12. The molecular formula is C11H13F3OS. The van der Waals surface area contributed by atoms with E-state index < -0.39 is 21.3 Å². The van der Waals surface area contributed by atoms with Crippen LogP contribution in [0.5, 0.6) is 0 Å². The lowest BCUT2D eigenvalue weighted by Crippen LogP contribution is -2.10. The Bertz CT molecular complexity index is 474. The van der Waals surface area contributed by atoms with Gasteiger partial charge in [-0.25, -0.2) is 0 Å². The van der Waals surface area contributed by atoms with E-state index in [1.165, 1.54) is 30.0 Å². The SMILES string of the molecule is CS(C)(=O)=CCc1ccccc1C(F)(F)F. The minimum Gasteiger partial charge on any atom is -0.268 e. The normalized spacial score (nSPS) is 12.6. The lowest BCUT2D eigenvalue weighted by molar-refractivity contribution is -0.138. The fourth-order valence-corrected chi connectivity index (χ4v) is 1.85. The van der Waals surface area contributed by atoms with Crippen LogP contribution in [-0.2, 0) is 22.1 Å². The fourth-order valence-electron chi connectivity index (χ4n) is 1.27. The van der Waals surface area contributed by atoms with Gasteiger partial charge in [0.1, 0.15) is 0 Å². The molecule has 0 aliphatic rings. The van der Waals surface area contributed by atoms with Gasteiger partial charge >= 0.3 is 6.18 Å². The van der Waals surface area contributed by atoms with E-state index in [1.807, 2.05) is 0 Å². The predicted molar refractivity (Wildman–Crippen MR) is 61.2 cm³/mol. The summed E-state index contributed by atoms with van der Waals surface area (Å²) in [5, 5.41) is 1.43. The molecule has 0 heterocycles. The van der Waals surface area contributed by atoms with Gasteiger partial charge in [-0.2, -0.15) is 13.2 Å². The molecule has 0 saturated carbocycles. The van der Waals surface area contributed by atoms with Gasteiger partial charge in [0.15, 0.2) is 0 Å². The van der Waals surface area contributed by atoms with E-state index >= 15 is 0 Å². The molecule has 5 heteroatoms. The Hall–Kier alpha value is -0.970. The summed E-state index contributed by atoms with van der Waals surface area (Å²) in [6.07, 6.45) is -1.28. The molecule has 0 atom stereocenters. The van der Waals surface area contributed by atoms with E-state index in [2.05, 4.69) is 0 Å². The second kappa shape index (κ2) is 4.49. The Morgan fingerprint density at radius 1 is 1.25 bits per heavy atom. The van der Waals surface area contributed by atoms with E-state index in [9.17, 15) is 17.4 Å². The largest absolute Gasteiger partial charge is 0.416 e. The van der Waals surface area contributed by atoms with Crippen LogP contribution in [-0.4, -0.2) is 22.1 Å². The van der Waals surface area contributed by atoms with E-state index in [-0.39, 0.29) is 12.0 Å². The van der Waals surface area contributed by atoms with Crippen LogP contribution in [0.15, 0.2) is 24.3 Å². The quantitative estimate of drug-likeness (QED) is 0.737. The van der Waals surface area contributed by atoms with Gasteiger partial charge in [-0.1, -0.05) is 18.2 Å². The molecule has 0 amide bonds. The molecule has 0 spiro atoms. The third kappa shape index (κ3) is 3.89. The summed E-state index contributed by atoms with van der Waals surface area (Å²) < 4.78 is 49.1. The van der Waals surface area contributed by atoms with Crippen molar-refractivity contribution in [3.05, 3.63) is 35.4 Å². The van der Waals surface area contributed by atoms with E-state index in [1.54, 1.807) is 6.07 Å². The van der Waals surface area contributed by atoms with Crippen LogP contribution >= 0.6 is 0 Å². The Kier molecular flexibility index (Phi) is 3.68. The minimum atomic E-state index is -4.35. The highest BCUT2D eigenvalue weighted by Crippen LogP contribution is 2.31. The first-order chi connectivity index (χ1) is 7.20. The molecule has 1 nitrogen and oxygen atoms in total. The number of hydrogen-bond donors (Lipinski definition) is 0. The van der Waals surface area contributed by atoms with Crippen LogP contribution in [0.1, 0.15) is 11.1 Å². The minimum absolute atomic E-state index is 0.0709. The van der Waals surface area contributed by atoms with Crippen molar-refractivity contribution in [2.45, 2.75) is 12.6 Å². The van der Waals surface area contributed by atoms with E-state index in [0.717, 1.165) is 6.07 Å². The van der Waals surface area contributed by atoms with Crippen molar-refractivity contribution < 1.29 is 17.4 Å². The molecule has 0 unspecified atom stereocenters. The van der Waals surface area contributed by atoms with Crippen molar-refractivity contribution in [1.29, 1.82) is 0 Å². The molecule has 90 valence electrons. The zero-order chi connectivity index (χ0) is 12.4. The van der Waals surface area contributed by atoms with Crippen molar-refractivity contribution in [3.8, 4) is 0 Å². The molecule has 0 radical (unpaired) electrons. The lowest BCUT2D eigenvalue weighted by atomic mass is 10.1. The molecule has 16 heavy (non-hydrogen) atoms. The number of rotatable bonds is 2. The molecule has 0 aromatic heterocycles. The zero-order valence-corrected chi connectivity index (χ0v) is 9.86. The number of alkyl halides is 3. The predicted octanol–water partition coefficient (Wildman–Crippen LogP) is 2.59. The third-order valence-corrected chi connectivity index (χ3v) is 3.00. The van der Waals surface area contributed by atoms with Gasteiger partial charge in [-0.05, 0) is 32.9 Å². The average molecular weight is 250 g/mol. The van der Waals surface area contributed by atoms with Crippen molar-refractivity contribution in [2.24, 2.45) is 0 Å². The summed E-state index contributed by atoms with van der Waals surface area (Å²) in [5.41, 5.74) is -0.499. The first kappa shape index (κ1) is 13.1. The van der Waals surface area contributed by atoms with Crippen LogP contribution < -0.4 is 0 Å². The first-order valence-corrected chi connectivity index (χ1v) is 7.06. The Morgan fingerprint density at radius 3 is 2.31 bits per heavy atom. The van der Waals surface area contributed by atoms with Crippen molar-refractivity contribution in [1.82, 2.24) is 0 Å². The zero-order valence-electron chi connectivity index (χ0n) is 9.04. The Morgan fingerprint density at radius 2 is 1.81 bits per heavy atom. The van der Waals surface area contributed by atoms with Crippen LogP contribution in [0.3, 0.4) is 0 Å². The maximum Gasteiger partial charge on any atom is 0.416 e. The number of benzene rings is 1. The maximum absolute atomic E-state index is 12.6. The fraction of sp³-hybridized carbons (Fsp3) is 0.364. The van der Waals surface area contributed by atoms with Gasteiger partial charge in [-0.3, -0.25) is 4.21 Å². The molecule has 0 saturated heterocycles. The molecule has 0 aliphatic carbocycles. The highest BCUT2D eigenvalue weighted by molar-refractivity contribution is 8.00. The topological polar surface area (TPSA) is 17.1 Å². The summed E-state index contributed by atoms with van der Waals surface area (Å²) in [7, 11) is -2.13. The molecule has 0 N–H and O–H groups in total. The summed E-state index contributed by atoms with van der Waals surface area (Å²) in [5.74, 6) is 0. The lowest BCUT2D eigenvalue weighted by Gasteiger charge is -2.11. The second-order valence-corrected chi connectivity index (χ2v) is 6.79. The van der Waals surface area contributed by atoms with Crippen LogP contribution in [0.25, 0.3) is 0 Å². The van der Waals surface area contributed by atoms with Crippen molar-refractivity contribution in [3.63, 3.8) is 0 Å². The van der Waals surface area contributed by atoms with E-state index in [4.69, 9.17) is 0 Å². The first-order valence-electron chi connectivity index (χ1n) is 4.62. The molecule has 1 rings (SSSR count). The van der Waals surface area contributed by atoms with Crippen molar-refractivity contribution in [2.75, 3.05) is 12.5 Å². The van der Waals surface area contributed by atoms with Gasteiger partial charge in [0.05, 0.1) is 5.56 Å². The van der Waals surface area contributed by atoms with Crippen molar-refractivity contribution >= 4 is 14.9 Å². The molecule has 1 aromatic rings. The summed E-state index contributed by atoms with van der Waals surface area (Å²) in [6.45, 7) is 0. The molecule has 1 aromatic carbocycles. The van der Waals surface area contributed by atoms with Crippen LogP contribution in [0.2, 0.25) is 0 Å². The van der Waals surface area contributed by atoms with Crippen LogP contribution in [0.4, 0.5) is 13.2 Å². The van der Waals surface area contributed by atoms with Gasteiger partial charge in [0, 0.05) is 12.5 Å². The monoisotopic (exact) mass is 250 g/mol. The summed E-state index contributed by atoms with van der Waals surface area (Å²) in [6, 6.07) is 5.34. The van der Waals surface area contributed by atoms with Gasteiger partial charge < -0.3 is 0 Å². The molecule has 0 bridgehead atoms. The summed E-state index contributed by atoms with van der Waals surface area (Å²) in [4.78, 5) is 0. The number of halogens is 3. The number of hydrogen-bond acceptors (Lipinski definition) is 1. The maximum atomic E-state index is 12.6. The summed E-state index contributed by atoms with van der Waals surface area (Å²) >= 11 is 0. The highest BCUT2D eigenvalue weighted by Gasteiger charge is 2.32. The Labute approximate surface area is 93.3 Å². The van der Waals surface area contributed by atoms with Gasteiger partial charge in [0.2, 0.25) is 0 Å². The molecule has 0 aliphatic heterocycles. The van der Waals surface area contributed by atoms with Gasteiger partial charge in [-0.15, -0.1) is 0 Å². The molecular weight excluding hydrogens is 237 g/mol.